The molecule has 1 aromatic carbocycles. The van der Waals surface area contributed by atoms with Gasteiger partial charge in [-0.1, -0.05) is 22.0 Å². The highest BCUT2D eigenvalue weighted by molar-refractivity contribution is 9.10. The van der Waals surface area contributed by atoms with Gasteiger partial charge in [-0.25, -0.2) is 9.69 Å². The van der Waals surface area contributed by atoms with E-state index in [9.17, 15) is 22.8 Å². The lowest BCUT2D eigenvalue weighted by molar-refractivity contribution is -0.141. The smallest absolute Gasteiger partial charge is 0.279 e. The molecule has 9 heteroatoms. The first-order valence-electron chi connectivity index (χ1n) is 7.93. The number of anilines is 2. The van der Waals surface area contributed by atoms with E-state index < -0.39 is 29.3 Å². The second-order valence-electron chi connectivity index (χ2n) is 6.65. The average Bonchev–Trinajstić information content (AvgIpc) is 2.75. The Balaban J connectivity index is 2.09. The van der Waals surface area contributed by atoms with E-state index in [1.807, 2.05) is 6.92 Å². The molecule has 1 aliphatic rings. The summed E-state index contributed by atoms with van der Waals surface area (Å²) in [4.78, 5) is 31.2. The number of halogens is 4. The van der Waals surface area contributed by atoms with E-state index in [1.54, 1.807) is 18.2 Å². The number of hydrogen-bond donors (Lipinski definition) is 0. The molecule has 0 atom stereocenters. The number of carbonyl (C=O) groups excluding carboxylic acids is 2. The van der Waals surface area contributed by atoms with Crippen molar-refractivity contribution in [2.45, 2.75) is 32.5 Å². The number of carbonyl (C=O) groups is 2. The van der Waals surface area contributed by atoms with Crippen molar-refractivity contribution in [1.82, 2.24) is 4.98 Å². The van der Waals surface area contributed by atoms with E-state index in [2.05, 4.69) is 20.9 Å². The molecule has 0 unspecified atom stereocenters. The zero-order valence-electron chi connectivity index (χ0n) is 14.6. The number of rotatable bonds is 2. The molecule has 0 radical (unpaired) electrons. The summed E-state index contributed by atoms with van der Waals surface area (Å²) >= 11 is 3.36. The summed E-state index contributed by atoms with van der Waals surface area (Å²) < 4.78 is 39.7. The number of urea groups is 1. The van der Waals surface area contributed by atoms with Crippen LogP contribution in [0.25, 0.3) is 0 Å². The third-order valence-corrected chi connectivity index (χ3v) is 5.23. The SMILES string of the molecule is Cc1ccc(N2C(=O)N(c3ccnc(C(F)(F)F)c3)C(C)(C)C2=O)cc1Br. The lowest BCUT2D eigenvalue weighted by Gasteiger charge is -2.28. The molecule has 0 bridgehead atoms. The Bertz CT molecular complexity index is 944. The topological polar surface area (TPSA) is 53.5 Å². The van der Waals surface area contributed by atoms with Crippen LogP contribution in [0.3, 0.4) is 0 Å². The minimum Gasteiger partial charge on any atom is -0.279 e. The average molecular weight is 442 g/mol. The molecule has 1 aliphatic heterocycles. The highest BCUT2D eigenvalue weighted by Gasteiger charge is 2.53. The predicted molar refractivity (Wildman–Crippen MR) is 97.6 cm³/mol. The Morgan fingerprint density at radius 2 is 1.74 bits per heavy atom. The zero-order chi connectivity index (χ0) is 20.1. The maximum atomic E-state index is 13.0. The van der Waals surface area contributed by atoms with Gasteiger partial charge in [0, 0.05) is 10.7 Å². The summed E-state index contributed by atoms with van der Waals surface area (Å²) in [6, 6.07) is 6.30. The van der Waals surface area contributed by atoms with Crippen LogP contribution in [0, 0.1) is 6.92 Å². The van der Waals surface area contributed by atoms with Gasteiger partial charge in [-0.05, 0) is 50.6 Å². The summed E-state index contributed by atoms with van der Waals surface area (Å²) in [5.74, 6) is -0.534. The van der Waals surface area contributed by atoms with E-state index in [0.717, 1.165) is 27.6 Å². The van der Waals surface area contributed by atoms with E-state index in [1.165, 1.54) is 19.9 Å². The molecule has 142 valence electrons. The van der Waals surface area contributed by atoms with Crippen LogP contribution in [-0.2, 0) is 11.0 Å². The van der Waals surface area contributed by atoms with Gasteiger partial charge >= 0.3 is 12.2 Å². The second kappa shape index (κ2) is 6.33. The summed E-state index contributed by atoms with van der Waals surface area (Å²) in [5.41, 5.74) is -1.29. The molecule has 1 saturated heterocycles. The van der Waals surface area contributed by atoms with Crippen LogP contribution in [0.5, 0.6) is 0 Å². The van der Waals surface area contributed by atoms with E-state index in [4.69, 9.17) is 0 Å². The van der Waals surface area contributed by atoms with Crippen molar-refractivity contribution in [1.29, 1.82) is 0 Å². The molecule has 0 N–H and O–H groups in total. The van der Waals surface area contributed by atoms with Crippen molar-refractivity contribution in [3.05, 3.63) is 52.3 Å². The summed E-state index contributed by atoms with van der Waals surface area (Å²) in [5, 5.41) is 0. The Morgan fingerprint density at radius 3 is 2.33 bits per heavy atom. The highest BCUT2D eigenvalue weighted by Crippen LogP contribution is 2.38. The number of hydrogen-bond acceptors (Lipinski definition) is 3. The van der Waals surface area contributed by atoms with E-state index in [-0.39, 0.29) is 5.69 Å². The van der Waals surface area contributed by atoms with Crippen LogP contribution in [0.2, 0.25) is 0 Å². The van der Waals surface area contributed by atoms with Crippen molar-refractivity contribution >= 4 is 39.2 Å². The summed E-state index contributed by atoms with van der Waals surface area (Å²) in [6.45, 7) is 4.84. The van der Waals surface area contributed by atoms with E-state index >= 15 is 0 Å². The van der Waals surface area contributed by atoms with E-state index in [0.29, 0.717) is 10.2 Å². The lowest BCUT2D eigenvalue weighted by atomic mass is 10.0. The Morgan fingerprint density at radius 1 is 1.07 bits per heavy atom. The molecule has 1 fully saturated rings. The van der Waals surface area contributed by atoms with Crippen molar-refractivity contribution < 1.29 is 22.8 Å². The van der Waals surface area contributed by atoms with Gasteiger partial charge < -0.3 is 0 Å². The fourth-order valence-electron chi connectivity index (χ4n) is 2.89. The fraction of sp³-hybridized carbons (Fsp3) is 0.278. The molecule has 2 aromatic rings. The molecular formula is C18H15BrF3N3O2. The first kappa shape index (κ1) is 19.3. The van der Waals surface area contributed by atoms with Gasteiger partial charge in [0.05, 0.1) is 11.4 Å². The normalized spacial score (nSPS) is 17.0. The van der Waals surface area contributed by atoms with Crippen molar-refractivity contribution in [3.63, 3.8) is 0 Å². The van der Waals surface area contributed by atoms with Gasteiger partial charge in [-0.15, -0.1) is 0 Å². The van der Waals surface area contributed by atoms with Gasteiger partial charge in [-0.2, -0.15) is 13.2 Å². The quantitative estimate of drug-likeness (QED) is 0.621. The van der Waals surface area contributed by atoms with Crippen LogP contribution in [-0.4, -0.2) is 22.5 Å². The third kappa shape index (κ3) is 3.20. The first-order valence-corrected chi connectivity index (χ1v) is 8.72. The van der Waals surface area contributed by atoms with Crippen LogP contribution < -0.4 is 9.80 Å². The largest absolute Gasteiger partial charge is 0.433 e. The van der Waals surface area contributed by atoms with Crippen LogP contribution >= 0.6 is 15.9 Å². The number of amides is 3. The standard InChI is InChI=1S/C18H15BrF3N3O2/c1-10-4-5-11(8-13(10)19)24-15(26)17(2,3)25(16(24)27)12-6-7-23-14(9-12)18(20,21)22/h4-9H,1-3H3. The van der Waals surface area contributed by atoms with Gasteiger partial charge in [-0.3, -0.25) is 14.7 Å². The second-order valence-corrected chi connectivity index (χ2v) is 7.50. The summed E-state index contributed by atoms with van der Waals surface area (Å²) in [6.07, 6.45) is -3.69. The molecule has 3 amide bonds. The van der Waals surface area contributed by atoms with Crippen LogP contribution in [0.4, 0.5) is 29.3 Å². The van der Waals surface area contributed by atoms with Crippen molar-refractivity contribution in [2.75, 3.05) is 9.80 Å². The molecule has 0 spiro atoms. The molecule has 3 rings (SSSR count). The number of aryl methyl sites for hydroxylation is 1. The van der Waals surface area contributed by atoms with Crippen LogP contribution in [0.15, 0.2) is 41.0 Å². The lowest BCUT2D eigenvalue weighted by Crippen LogP contribution is -2.44. The Hall–Kier alpha value is -2.42. The van der Waals surface area contributed by atoms with Crippen molar-refractivity contribution in [2.24, 2.45) is 0 Å². The zero-order valence-corrected chi connectivity index (χ0v) is 16.2. The van der Waals surface area contributed by atoms with Gasteiger partial charge in [0.1, 0.15) is 11.2 Å². The molecule has 0 aliphatic carbocycles. The molecular weight excluding hydrogens is 427 g/mol. The Labute approximate surface area is 161 Å². The number of nitrogens with zero attached hydrogens (tertiary/aromatic N) is 3. The minimum absolute atomic E-state index is 0.0469. The summed E-state index contributed by atoms with van der Waals surface area (Å²) in [7, 11) is 0. The highest BCUT2D eigenvalue weighted by atomic mass is 79.9. The maximum Gasteiger partial charge on any atom is 0.433 e. The first-order chi connectivity index (χ1) is 12.4. The Kier molecular flexibility index (Phi) is 4.54. The predicted octanol–water partition coefficient (Wildman–Crippen LogP) is 4.92. The maximum absolute atomic E-state index is 13.0. The number of imide groups is 1. The number of aromatic nitrogens is 1. The molecule has 2 heterocycles. The van der Waals surface area contributed by atoms with Crippen molar-refractivity contribution in [3.8, 4) is 0 Å². The molecule has 27 heavy (non-hydrogen) atoms. The monoisotopic (exact) mass is 441 g/mol. The molecule has 5 nitrogen and oxygen atoms in total. The molecule has 1 aromatic heterocycles. The number of pyridine rings is 1. The van der Waals surface area contributed by atoms with Gasteiger partial charge in [0.15, 0.2) is 0 Å². The minimum atomic E-state index is -4.66. The van der Waals surface area contributed by atoms with Gasteiger partial charge in [0.25, 0.3) is 5.91 Å². The third-order valence-electron chi connectivity index (χ3n) is 4.37. The van der Waals surface area contributed by atoms with Gasteiger partial charge in [0.2, 0.25) is 0 Å². The molecule has 0 saturated carbocycles. The number of benzene rings is 1. The van der Waals surface area contributed by atoms with Crippen LogP contribution in [0.1, 0.15) is 25.1 Å². The fourth-order valence-corrected chi connectivity index (χ4v) is 3.26. The number of alkyl halides is 3.